The Morgan fingerprint density at radius 1 is 1.00 bits per heavy atom. The molecule has 2 heterocycles. The Morgan fingerprint density at radius 3 is 2.26 bits per heavy atom. The molecule has 7 nitrogen and oxygen atoms in total. The van der Waals surface area contributed by atoms with Crippen molar-refractivity contribution >= 4 is 15.7 Å². The first-order valence-corrected chi connectivity index (χ1v) is 10.4. The van der Waals surface area contributed by atoms with Crippen molar-refractivity contribution in [3.63, 3.8) is 0 Å². The quantitative estimate of drug-likeness (QED) is 0.704. The average Bonchev–Trinajstić information content (AvgIpc) is 3.12. The Kier molecular flexibility index (Phi) is 5.10. The first-order chi connectivity index (χ1) is 12.7. The van der Waals surface area contributed by atoms with Crippen LogP contribution in [0, 0.1) is 27.7 Å². The molecule has 0 fully saturated rings. The second-order valence-corrected chi connectivity index (χ2v) is 8.38. The summed E-state index contributed by atoms with van der Waals surface area (Å²) in [5, 5.41) is 8.75. The smallest absolute Gasteiger partial charge is 0.265 e. The fourth-order valence-corrected chi connectivity index (χ4v) is 4.34. The summed E-state index contributed by atoms with van der Waals surface area (Å²) in [5.41, 5.74) is 4.72. The molecular weight excluding hydrogens is 362 g/mol. The summed E-state index contributed by atoms with van der Waals surface area (Å²) in [6.45, 7) is 10.5. The fraction of sp³-hybridized carbons (Fsp3) is 0.368. The molecule has 0 spiro atoms. The minimum absolute atomic E-state index is 0.189. The maximum Gasteiger partial charge on any atom is 0.265 e. The van der Waals surface area contributed by atoms with Crippen molar-refractivity contribution in [3.05, 3.63) is 58.7 Å². The molecule has 0 aliphatic heterocycles. The molecule has 3 rings (SSSR count). The number of nitrogens with one attached hydrogen (secondary N) is 1. The van der Waals surface area contributed by atoms with Crippen LogP contribution >= 0.6 is 0 Å². The molecule has 144 valence electrons. The van der Waals surface area contributed by atoms with Crippen LogP contribution in [0.2, 0.25) is 0 Å². The lowest BCUT2D eigenvalue weighted by atomic mass is 10.1. The average molecular weight is 388 g/mol. The van der Waals surface area contributed by atoms with Crippen LogP contribution in [0.15, 0.2) is 35.4 Å². The van der Waals surface area contributed by atoms with Gasteiger partial charge in [0.2, 0.25) is 0 Å². The normalized spacial score (nSPS) is 11.7. The lowest BCUT2D eigenvalue weighted by Gasteiger charge is -2.09. The zero-order valence-electron chi connectivity index (χ0n) is 16.3. The molecule has 0 bridgehead atoms. The molecule has 0 aliphatic rings. The van der Waals surface area contributed by atoms with Gasteiger partial charge in [0.05, 0.1) is 29.3 Å². The van der Waals surface area contributed by atoms with E-state index in [0.717, 1.165) is 11.3 Å². The van der Waals surface area contributed by atoms with Crippen molar-refractivity contribution in [2.75, 3.05) is 4.72 Å². The molecule has 1 N–H and O–H groups in total. The summed E-state index contributed by atoms with van der Waals surface area (Å²) in [7, 11) is -3.73. The van der Waals surface area contributed by atoms with Gasteiger partial charge in [-0.3, -0.25) is 14.1 Å². The lowest BCUT2D eigenvalue weighted by molar-refractivity contribution is 0.600. The maximum absolute atomic E-state index is 12.9. The third-order valence-corrected chi connectivity index (χ3v) is 6.04. The molecule has 8 heteroatoms. The van der Waals surface area contributed by atoms with Crippen LogP contribution < -0.4 is 4.72 Å². The van der Waals surface area contributed by atoms with E-state index in [-0.39, 0.29) is 4.90 Å². The Morgan fingerprint density at radius 2 is 1.67 bits per heavy atom. The maximum atomic E-state index is 12.9. The van der Waals surface area contributed by atoms with Gasteiger partial charge in [0.15, 0.2) is 0 Å². The van der Waals surface area contributed by atoms with Crippen molar-refractivity contribution in [2.24, 2.45) is 0 Å². The van der Waals surface area contributed by atoms with Gasteiger partial charge in [0.25, 0.3) is 10.0 Å². The van der Waals surface area contributed by atoms with E-state index in [9.17, 15) is 8.42 Å². The predicted molar refractivity (Wildman–Crippen MR) is 105 cm³/mol. The number of aryl methyl sites for hydroxylation is 4. The first kappa shape index (κ1) is 19.2. The number of hydrogen-bond acceptors (Lipinski definition) is 4. The zero-order chi connectivity index (χ0) is 19.8. The number of nitrogens with zero attached hydrogens (tertiary/aromatic N) is 4. The van der Waals surface area contributed by atoms with Crippen LogP contribution in [0.25, 0.3) is 0 Å². The Balaban J connectivity index is 1.90. The Hall–Kier alpha value is -2.61. The molecule has 0 saturated heterocycles. The van der Waals surface area contributed by atoms with Gasteiger partial charge in [0.1, 0.15) is 4.90 Å². The van der Waals surface area contributed by atoms with Gasteiger partial charge < -0.3 is 0 Å². The van der Waals surface area contributed by atoms with Crippen molar-refractivity contribution in [1.82, 2.24) is 19.6 Å². The molecule has 27 heavy (non-hydrogen) atoms. The van der Waals surface area contributed by atoms with Crippen molar-refractivity contribution in [3.8, 4) is 0 Å². The Bertz CT molecular complexity index is 1060. The monoisotopic (exact) mass is 387 g/mol. The minimum Gasteiger partial charge on any atom is -0.276 e. The second-order valence-electron chi connectivity index (χ2n) is 6.73. The fourth-order valence-electron chi connectivity index (χ4n) is 2.98. The number of aromatic nitrogens is 4. The van der Waals surface area contributed by atoms with Gasteiger partial charge in [-0.05, 0) is 40.2 Å². The van der Waals surface area contributed by atoms with E-state index < -0.39 is 10.0 Å². The van der Waals surface area contributed by atoms with Gasteiger partial charge in [0, 0.05) is 12.7 Å². The van der Waals surface area contributed by atoms with Crippen molar-refractivity contribution in [2.45, 2.75) is 52.6 Å². The third-order valence-electron chi connectivity index (χ3n) is 4.59. The highest BCUT2D eigenvalue weighted by molar-refractivity contribution is 7.92. The molecule has 0 radical (unpaired) electrons. The van der Waals surface area contributed by atoms with Gasteiger partial charge in [-0.1, -0.05) is 29.8 Å². The van der Waals surface area contributed by atoms with Crippen LogP contribution in [0.4, 0.5) is 5.69 Å². The topological polar surface area (TPSA) is 81.8 Å². The van der Waals surface area contributed by atoms with E-state index in [0.29, 0.717) is 30.2 Å². The van der Waals surface area contributed by atoms with Crippen molar-refractivity contribution < 1.29 is 8.42 Å². The van der Waals surface area contributed by atoms with Crippen LogP contribution in [0.3, 0.4) is 0 Å². The van der Waals surface area contributed by atoms with E-state index in [2.05, 4.69) is 39.2 Å². The molecule has 2 aromatic heterocycles. The highest BCUT2D eigenvalue weighted by Gasteiger charge is 2.23. The lowest BCUT2D eigenvalue weighted by Crippen LogP contribution is -2.15. The molecule has 0 saturated carbocycles. The largest absolute Gasteiger partial charge is 0.276 e. The van der Waals surface area contributed by atoms with Gasteiger partial charge >= 0.3 is 0 Å². The number of hydrogen-bond donors (Lipinski definition) is 1. The van der Waals surface area contributed by atoms with E-state index in [1.54, 1.807) is 24.7 Å². The summed E-state index contributed by atoms with van der Waals surface area (Å²) in [6.07, 6.45) is 1.55. The van der Waals surface area contributed by atoms with Crippen LogP contribution in [0.1, 0.15) is 35.1 Å². The molecule has 0 aliphatic carbocycles. The Labute approximate surface area is 160 Å². The highest BCUT2D eigenvalue weighted by atomic mass is 32.2. The summed E-state index contributed by atoms with van der Waals surface area (Å²) in [4.78, 5) is 0.189. The molecular formula is C19H25N5O2S. The van der Waals surface area contributed by atoms with E-state index >= 15 is 0 Å². The van der Waals surface area contributed by atoms with Gasteiger partial charge in [-0.15, -0.1) is 0 Å². The number of benzene rings is 1. The molecule has 0 atom stereocenters. The second kappa shape index (κ2) is 7.19. The highest BCUT2D eigenvalue weighted by Crippen LogP contribution is 2.25. The van der Waals surface area contributed by atoms with Gasteiger partial charge in [-0.2, -0.15) is 10.2 Å². The summed E-state index contributed by atoms with van der Waals surface area (Å²) < 4.78 is 31.9. The zero-order valence-corrected chi connectivity index (χ0v) is 17.1. The minimum atomic E-state index is -3.73. The standard InChI is InChI=1S/C19H25N5O2S/c1-6-23-12-18(14(3)20-23)27(25,26)22-19-15(4)21-24(16(19)5)11-17-9-7-13(2)8-10-17/h7-10,12,22H,6,11H2,1-5H3. The van der Waals surface area contributed by atoms with Crippen molar-refractivity contribution in [1.29, 1.82) is 0 Å². The predicted octanol–water partition coefficient (Wildman–Crippen LogP) is 3.18. The van der Waals surface area contributed by atoms with Gasteiger partial charge in [-0.25, -0.2) is 8.42 Å². The first-order valence-electron chi connectivity index (χ1n) is 8.87. The van der Waals surface area contributed by atoms with E-state index in [1.807, 2.05) is 25.5 Å². The summed E-state index contributed by atoms with van der Waals surface area (Å²) in [5.74, 6) is 0. The SMILES string of the molecule is CCn1cc(S(=O)(=O)Nc2c(C)nn(Cc3ccc(C)cc3)c2C)c(C)n1. The number of anilines is 1. The third kappa shape index (κ3) is 3.90. The number of sulfonamides is 1. The summed E-state index contributed by atoms with van der Waals surface area (Å²) >= 11 is 0. The number of rotatable bonds is 6. The molecule has 1 aromatic carbocycles. The van der Waals surface area contributed by atoms with E-state index in [1.165, 1.54) is 5.56 Å². The van der Waals surface area contributed by atoms with Crippen LogP contribution in [-0.2, 0) is 23.1 Å². The van der Waals surface area contributed by atoms with Crippen LogP contribution in [-0.4, -0.2) is 28.0 Å². The van der Waals surface area contributed by atoms with E-state index in [4.69, 9.17) is 0 Å². The summed E-state index contributed by atoms with van der Waals surface area (Å²) in [6, 6.07) is 8.22. The molecule has 0 amide bonds. The molecule has 0 unspecified atom stereocenters. The molecule has 3 aromatic rings. The van der Waals surface area contributed by atoms with Crippen LogP contribution in [0.5, 0.6) is 0 Å².